The molecule has 1 aliphatic carbocycles. The molecule has 0 radical (unpaired) electrons. The summed E-state index contributed by atoms with van der Waals surface area (Å²) in [5.74, 6) is -1.46. The van der Waals surface area contributed by atoms with Crippen molar-refractivity contribution in [1.29, 1.82) is 0 Å². The Balaban J connectivity index is 1.24. The van der Waals surface area contributed by atoms with E-state index in [0.717, 1.165) is 25.6 Å². The fourth-order valence-electron chi connectivity index (χ4n) is 4.99. The molecule has 1 aromatic heterocycles. The number of carbonyl (C=O) groups excluding carboxylic acids is 3. The second-order valence-electron chi connectivity index (χ2n) is 10.9. The highest BCUT2D eigenvalue weighted by Gasteiger charge is 2.28. The van der Waals surface area contributed by atoms with Crippen LogP contribution in [0.1, 0.15) is 41.6 Å². The lowest BCUT2D eigenvalue weighted by Crippen LogP contribution is -2.49. The van der Waals surface area contributed by atoms with Crippen LogP contribution in [0.5, 0.6) is 0 Å². The average Bonchev–Trinajstić information content (AvgIpc) is 3.66. The van der Waals surface area contributed by atoms with Gasteiger partial charge >= 0.3 is 5.97 Å². The van der Waals surface area contributed by atoms with E-state index < -0.39 is 23.8 Å². The van der Waals surface area contributed by atoms with E-state index in [4.69, 9.17) is 16.7 Å². The summed E-state index contributed by atoms with van der Waals surface area (Å²) in [5, 5.41) is 26.2. The van der Waals surface area contributed by atoms with Crippen LogP contribution in [0, 0.1) is 5.92 Å². The van der Waals surface area contributed by atoms with Crippen molar-refractivity contribution < 1.29 is 24.3 Å². The molecule has 2 heterocycles. The molecule has 3 amide bonds. The second kappa shape index (κ2) is 14.2. The molecule has 1 aliphatic heterocycles. The quantitative estimate of drug-likeness (QED) is 0.258. The van der Waals surface area contributed by atoms with Gasteiger partial charge in [-0.25, -0.2) is 4.79 Å². The van der Waals surface area contributed by atoms with Crippen LogP contribution in [0.25, 0.3) is 11.8 Å². The summed E-state index contributed by atoms with van der Waals surface area (Å²) >= 11 is 6.17. The third kappa shape index (κ3) is 8.48. The maximum Gasteiger partial charge on any atom is 0.335 e. The first-order valence-electron chi connectivity index (χ1n) is 14.4. The molecule has 44 heavy (non-hydrogen) atoms. The first kappa shape index (κ1) is 30.8. The molecule has 2 fully saturated rings. The lowest BCUT2D eigenvalue weighted by atomic mass is 10.1. The normalized spacial score (nSPS) is 16.1. The molecule has 0 unspecified atom stereocenters. The van der Waals surface area contributed by atoms with Crippen LogP contribution in [-0.2, 0) is 14.4 Å². The lowest BCUT2D eigenvalue weighted by molar-refractivity contribution is -0.133. The molecule has 13 nitrogen and oxygen atoms in total. The number of carboxylic acid groups (broad SMARTS) is 1. The van der Waals surface area contributed by atoms with E-state index in [9.17, 15) is 19.2 Å². The monoisotopic (exact) mass is 620 g/mol. The van der Waals surface area contributed by atoms with Crippen LogP contribution in [0.3, 0.4) is 0 Å². The number of aromatic nitrogens is 4. The molecular weight excluding hydrogens is 588 g/mol. The van der Waals surface area contributed by atoms with Crippen LogP contribution in [0.4, 0.5) is 5.69 Å². The Bertz CT molecular complexity index is 1520. The van der Waals surface area contributed by atoms with Crippen LogP contribution in [0.15, 0.2) is 54.9 Å². The van der Waals surface area contributed by atoms with Crippen LogP contribution >= 0.6 is 11.6 Å². The van der Waals surface area contributed by atoms with Crippen molar-refractivity contribution in [2.75, 3.05) is 38.0 Å². The minimum atomic E-state index is -1.09. The second-order valence-corrected chi connectivity index (χ2v) is 11.3. The highest BCUT2D eigenvalue weighted by Crippen LogP contribution is 2.30. The molecule has 0 spiro atoms. The number of anilines is 1. The van der Waals surface area contributed by atoms with Gasteiger partial charge in [-0.1, -0.05) is 11.6 Å². The largest absolute Gasteiger partial charge is 0.478 e. The number of nitrogens with zero attached hydrogens (tertiary/aromatic N) is 6. The van der Waals surface area contributed by atoms with E-state index in [2.05, 4.69) is 31.1 Å². The number of hydrogen-bond acceptors (Lipinski definition) is 8. The minimum absolute atomic E-state index is 0.0698. The van der Waals surface area contributed by atoms with Gasteiger partial charge in [0.1, 0.15) is 12.4 Å². The SMILES string of the molecule is O=C(/C=C/c1cc(Cl)ccc1-n1cnnn1)N[C@@H](CCC(=O)N1CCN(CC2CC2)CC1)C(=O)Nc1ccc(C(=O)O)cc1. The Labute approximate surface area is 258 Å². The number of halogens is 1. The minimum Gasteiger partial charge on any atom is -0.478 e. The molecular formula is C30H33ClN8O5. The number of hydrogen-bond donors (Lipinski definition) is 3. The number of tetrazole rings is 1. The summed E-state index contributed by atoms with van der Waals surface area (Å²) in [6, 6.07) is 9.66. The number of aromatic carboxylic acids is 1. The lowest BCUT2D eigenvalue weighted by Gasteiger charge is -2.35. The van der Waals surface area contributed by atoms with Gasteiger partial charge in [0.15, 0.2) is 0 Å². The van der Waals surface area contributed by atoms with Gasteiger partial charge in [0, 0.05) is 61.5 Å². The van der Waals surface area contributed by atoms with E-state index in [0.29, 0.717) is 35.1 Å². The zero-order valence-corrected chi connectivity index (χ0v) is 24.7. The predicted molar refractivity (Wildman–Crippen MR) is 162 cm³/mol. The number of amides is 3. The number of rotatable bonds is 12. The number of benzene rings is 2. The third-order valence-electron chi connectivity index (χ3n) is 7.62. The van der Waals surface area contributed by atoms with Crippen molar-refractivity contribution >= 4 is 47.1 Å². The fraction of sp³-hybridized carbons (Fsp3) is 0.367. The zero-order chi connectivity index (χ0) is 31.1. The molecule has 3 N–H and O–H groups in total. The summed E-state index contributed by atoms with van der Waals surface area (Å²) in [6.45, 7) is 4.02. The highest BCUT2D eigenvalue weighted by molar-refractivity contribution is 6.30. The summed E-state index contributed by atoms with van der Waals surface area (Å²) in [5.41, 5.74) is 1.58. The van der Waals surface area contributed by atoms with Crippen molar-refractivity contribution in [1.82, 2.24) is 35.3 Å². The van der Waals surface area contributed by atoms with Crippen molar-refractivity contribution in [3.8, 4) is 5.69 Å². The summed E-state index contributed by atoms with van der Waals surface area (Å²) in [6.07, 6.45) is 6.92. The number of nitrogens with one attached hydrogen (secondary N) is 2. The van der Waals surface area contributed by atoms with E-state index in [-0.39, 0.29) is 24.3 Å². The molecule has 3 aromatic rings. The van der Waals surface area contributed by atoms with Gasteiger partial charge in [-0.3, -0.25) is 19.3 Å². The number of carboxylic acids is 1. The van der Waals surface area contributed by atoms with Crippen LogP contribution in [-0.4, -0.2) is 97.6 Å². The Morgan fingerprint density at radius 2 is 1.80 bits per heavy atom. The molecule has 14 heteroatoms. The molecule has 2 aliphatic rings. The van der Waals surface area contributed by atoms with E-state index in [1.807, 2.05) is 4.90 Å². The molecule has 5 rings (SSSR count). The summed E-state index contributed by atoms with van der Waals surface area (Å²) in [4.78, 5) is 54.8. The van der Waals surface area contributed by atoms with Gasteiger partial charge in [0.05, 0.1) is 11.3 Å². The first-order chi connectivity index (χ1) is 21.2. The fourth-order valence-corrected chi connectivity index (χ4v) is 5.17. The maximum absolute atomic E-state index is 13.3. The third-order valence-corrected chi connectivity index (χ3v) is 7.85. The smallest absolute Gasteiger partial charge is 0.335 e. The Morgan fingerprint density at radius 3 is 2.45 bits per heavy atom. The molecule has 1 saturated carbocycles. The van der Waals surface area contributed by atoms with Gasteiger partial charge in [-0.2, -0.15) is 4.68 Å². The molecule has 230 valence electrons. The van der Waals surface area contributed by atoms with E-state index in [1.54, 1.807) is 18.2 Å². The van der Waals surface area contributed by atoms with Crippen molar-refractivity contribution in [2.24, 2.45) is 5.92 Å². The van der Waals surface area contributed by atoms with Gasteiger partial charge in [-0.05, 0) is 84.1 Å². The van der Waals surface area contributed by atoms with Crippen LogP contribution < -0.4 is 10.6 Å². The van der Waals surface area contributed by atoms with Gasteiger partial charge in [0.25, 0.3) is 0 Å². The van der Waals surface area contributed by atoms with E-state index >= 15 is 0 Å². The Morgan fingerprint density at radius 1 is 1.05 bits per heavy atom. The predicted octanol–water partition coefficient (Wildman–Crippen LogP) is 2.48. The van der Waals surface area contributed by atoms with Crippen molar-refractivity contribution in [3.05, 3.63) is 71.0 Å². The van der Waals surface area contributed by atoms with Crippen molar-refractivity contribution in [3.63, 3.8) is 0 Å². The molecule has 1 atom stereocenters. The summed E-state index contributed by atoms with van der Waals surface area (Å²) < 4.78 is 1.43. The van der Waals surface area contributed by atoms with Crippen LogP contribution in [0.2, 0.25) is 5.02 Å². The topological polar surface area (TPSA) is 163 Å². The van der Waals surface area contributed by atoms with Gasteiger partial charge in [-0.15, -0.1) is 5.10 Å². The highest BCUT2D eigenvalue weighted by atomic mass is 35.5. The summed E-state index contributed by atoms with van der Waals surface area (Å²) in [7, 11) is 0. The zero-order valence-electron chi connectivity index (χ0n) is 23.9. The number of piperazine rings is 1. The van der Waals surface area contributed by atoms with Gasteiger partial charge in [0.2, 0.25) is 17.7 Å². The van der Waals surface area contributed by atoms with Crippen molar-refractivity contribution in [2.45, 2.75) is 31.7 Å². The molecule has 2 aromatic carbocycles. The standard InChI is InChI=1S/C30H33ClN8O5/c31-23-6-10-26(39-19-32-35-36-39)22(17-23)5-11-27(40)34-25(29(42)33-24-7-3-21(4-8-24)30(43)44)9-12-28(41)38-15-13-37(14-16-38)18-20-1-2-20/h3-8,10-11,17,19-20,25H,1-2,9,12-16,18H2,(H,33,42)(H,34,40)(H,43,44)/b11-5+/t25-/m0/s1. The van der Waals surface area contributed by atoms with E-state index in [1.165, 1.54) is 60.3 Å². The molecule has 0 bridgehead atoms. The van der Waals surface area contributed by atoms with Gasteiger partial charge < -0.3 is 20.6 Å². The maximum atomic E-state index is 13.3. The molecule has 1 saturated heterocycles. The first-order valence-corrected chi connectivity index (χ1v) is 14.8. The Kier molecular flexibility index (Phi) is 9.97. The number of carbonyl (C=O) groups is 4. The average molecular weight is 621 g/mol. The Hall–Kier alpha value is -4.62.